The van der Waals surface area contributed by atoms with Gasteiger partial charge >= 0.3 is 6.18 Å². The van der Waals surface area contributed by atoms with E-state index in [1.807, 2.05) is 0 Å². The lowest BCUT2D eigenvalue weighted by molar-refractivity contribution is -0.137. The quantitative estimate of drug-likeness (QED) is 0.885. The summed E-state index contributed by atoms with van der Waals surface area (Å²) in [5.74, 6) is 0. The Morgan fingerprint density at radius 3 is 2.72 bits per heavy atom. The van der Waals surface area contributed by atoms with Gasteiger partial charge in [-0.15, -0.1) is 0 Å². The third-order valence-electron chi connectivity index (χ3n) is 2.83. The third kappa shape index (κ3) is 3.09. The van der Waals surface area contributed by atoms with Gasteiger partial charge in [-0.2, -0.15) is 13.2 Å². The van der Waals surface area contributed by atoms with Gasteiger partial charge in [0.05, 0.1) is 22.9 Å². The van der Waals surface area contributed by atoms with Gasteiger partial charge in [0, 0.05) is 12.6 Å². The van der Waals surface area contributed by atoms with E-state index in [4.69, 9.17) is 16.3 Å². The van der Waals surface area contributed by atoms with Crippen molar-refractivity contribution in [3.8, 4) is 0 Å². The number of nitrogens with one attached hydrogen (secondary N) is 1. The number of hydrogen-bond acceptors (Lipinski definition) is 2. The minimum Gasteiger partial charge on any atom is -0.379 e. The molecule has 2 rings (SSSR count). The summed E-state index contributed by atoms with van der Waals surface area (Å²) in [4.78, 5) is 0. The summed E-state index contributed by atoms with van der Waals surface area (Å²) in [5.41, 5.74) is -0.789. The topological polar surface area (TPSA) is 21.3 Å². The van der Waals surface area contributed by atoms with Gasteiger partial charge in [-0.1, -0.05) is 17.7 Å². The Balaban J connectivity index is 2.25. The van der Waals surface area contributed by atoms with Gasteiger partial charge in [-0.05, 0) is 25.0 Å². The Kier molecular flexibility index (Phi) is 4.02. The maximum absolute atomic E-state index is 12.9. The van der Waals surface area contributed by atoms with Gasteiger partial charge in [0.2, 0.25) is 0 Å². The third-order valence-corrected chi connectivity index (χ3v) is 3.14. The molecule has 1 unspecified atom stereocenters. The molecule has 0 bridgehead atoms. The zero-order valence-corrected chi connectivity index (χ0v) is 10.3. The summed E-state index contributed by atoms with van der Waals surface area (Å²) in [6.45, 7) is 1.06. The zero-order valence-electron chi connectivity index (χ0n) is 9.56. The lowest BCUT2D eigenvalue weighted by Crippen LogP contribution is -2.31. The standard InChI is InChI=1S/C12H13ClF3NO/c13-10-5-1-4-9(12(14,15)16)11(10)17-8-3-2-6-18-7-8/h1,4-5,8,17H,2-3,6-7H2. The molecule has 1 atom stereocenters. The summed E-state index contributed by atoms with van der Waals surface area (Å²) in [7, 11) is 0. The van der Waals surface area contributed by atoms with Crippen LogP contribution < -0.4 is 5.32 Å². The first kappa shape index (κ1) is 13.5. The fourth-order valence-corrected chi connectivity index (χ4v) is 2.19. The minimum atomic E-state index is -4.41. The van der Waals surface area contributed by atoms with Crippen LogP contribution in [-0.4, -0.2) is 19.3 Å². The molecule has 100 valence electrons. The number of para-hydroxylation sites is 1. The highest BCUT2D eigenvalue weighted by Gasteiger charge is 2.35. The Labute approximate surface area is 108 Å². The molecule has 1 saturated heterocycles. The molecule has 1 aromatic carbocycles. The Bertz CT molecular complexity index is 416. The first-order valence-corrected chi connectivity index (χ1v) is 6.06. The fourth-order valence-electron chi connectivity index (χ4n) is 1.97. The number of ether oxygens (including phenoxy) is 1. The van der Waals surface area contributed by atoms with Crippen molar-refractivity contribution in [2.45, 2.75) is 25.1 Å². The van der Waals surface area contributed by atoms with Gasteiger partial charge in [-0.3, -0.25) is 0 Å². The van der Waals surface area contributed by atoms with Crippen molar-refractivity contribution in [3.63, 3.8) is 0 Å². The van der Waals surface area contributed by atoms with Gasteiger partial charge in [0.1, 0.15) is 0 Å². The van der Waals surface area contributed by atoms with Crippen molar-refractivity contribution < 1.29 is 17.9 Å². The Morgan fingerprint density at radius 2 is 2.11 bits per heavy atom. The van der Waals surface area contributed by atoms with Crippen LogP contribution in [0, 0.1) is 0 Å². The summed E-state index contributed by atoms with van der Waals surface area (Å²) in [5, 5.41) is 2.93. The molecular formula is C12H13ClF3NO. The number of halogens is 4. The predicted octanol–water partition coefficient (Wildman–Crippen LogP) is 3.95. The van der Waals surface area contributed by atoms with E-state index in [1.165, 1.54) is 12.1 Å². The molecule has 0 aliphatic carbocycles. The largest absolute Gasteiger partial charge is 0.418 e. The van der Waals surface area contributed by atoms with Crippen LogP contribution in [0.1, 0.15) is 18.4 Å². The van der Waals surface area contributed by atoms with E-state index >= 15 is 0 Å². The number of anilines is 1. The van der Waals surface area contributed by atoms with Gasteiger partial charge in [0.25, 0.3) is 0 Å². The first-order chi connectivity index (χ1) is 8.48. The highest BCUT2D eigenvalue weighted by atomic mass is 35.5. The van der Waals surface area contributed by atoms with Crippen LogP contribution >= 0.6 is 11.6 Å². The molecule has 0 spiro atoms. The Morgan fingerprint density at radius 1 is 1.33 bits per heavy atom. The molecule has 0 saturated carbocycles. The molecule has 6 heteroatoms. The molecular weight excluding hydrogens is 267 g/mol. The summed E-state index contributed by atoms with van der Waals surface area (Å²) < 4.78 is 43.8. The van der Waals surface area contributed by atoms with E-state index in [0.717, 1.165) is 18.9 Å². The summed E-state index contributed by atoms with van der Waals surface area (Å²) in [6, 6.07) is 3.65. The molecule has 1 heterocycles. The van der Waals surface area contributed by atoms with Crippen LogP contribution in [0.3, 0.4) is 0 Å². The van der Waals surface area contributed by atoms with E-state index in [9.17, 15) is 13.2 Å². The van der Waals surface area contributed by atoms with Crippen LogP contribution in [0.2, 0.25) is 5.02 Å². The van der Waals surface area contributed by atoms with E-state index < -0.39 is 11.7 Å². The van der Waals surface area contributed by atoms with Crippen molar-refractivity contribution in [3.05, 3.63) is 28.8 Å². The lowest BCUT2D eigenvalue weighted by Gasteiger charge is -2.26. The van der Waals surface area contributed by atoms with Crippen LogP contribution in [0.5, 0.6) is 0 Å². The van der Waals surface area contributed by atoms with Crippen molar-refractivity contribution in [1.82, 2.24) is 0 Å². The van der Waals surface area contributed by atoms with Crippen molar-refractivity contribution >= 4 is 17.3 Å². The summed E-state index contributed by atoms with van der Waals surface area (Å²) in [6.07, 6.45) is -2.80. The Hall–Kier alpha value is -0.940. The van der Waals surface area contributed by atoms with Gasteiger partial charge in [-0.25, -0.2) is 0 Å². The highest BCUT2D eigenvalue weighted by Crippen LogP contribution is 2.39. The monoisotopic (exact) mass is 279 g/mol. The molecule has 0 radical (unpaired) electrons. The van der Waals surface area contributed by atoms with Crippen LogP contribution in [0.4, 0.5) is 18.9 Å². The SMILES string of the molecule is FC(F)(F)c1cccc(Cl)c1NC1CCCOC1. The predicted molar refractivity (Wildman–Crippen MR) is 63.9 cm³/mol. The summed E-state index contributed by atoms with van der Waals surface area (Å²) >= 11 is 5.85. The number of benzene rings is 1. The van der Waals surface area contributed by atoms with E-state index in [0.29, 0.717) is 13.2 Å². The molecule has 1 aliphatic heterocycles. The van der Waals surface area contributed by atoms with Gasteiger partial charge < -0.3 is 10.1 Å². The second-order valence-corrected chi connectivity index (χ2v) is 4.63. The van der Waals surface area contributed by atoms with Crippen LogP contribution in [0.25, 0.3) is 0 Å². The normalized spacial score (nSPS) is 20.8. The number of alkyl halides is 3. The lowest BCUT2D eigenvalue weighted by atomic mass is 10.1. The highest BCUT2D eigenvalue weighted by molar-refractivity contribution is 6.33. The maximum Gasteiger partial charge on any atom is 0.418 e. The van der Waals surface area contributed by atoms with E-state index in [-0.39, 0.29) is 16.8 Å². The average molecular weight is 280 g/mol. The smallest absolute Gasteiger partial charge is 0.379 e. The average Bonchev–Trinajstić information content (AvgIpc) is 2.32. The molecule has 2 nitrogen and oxygen atoms in total. The molecule has 0 aromatic heterocycles. The second kappa shape index (κ2) is 5.36. The van der Waals surface area contributed by atoms with Crippen LogP contribution in [0.15, 0.2) is 18.2 Å². The molecule has 1 aromatic rings. The maximum atomic E-state index is 12.9. The molecule has 18 heavy (non-hydrogen) atoms. The van der Waals surface area contributed by atoms with Crippen molar-refractivity contribution in [2.24, 2.45) is 0 Å². The number of rotatable bonds is 2. The van der Waals surface area contributed by atoms with Crippen LogP contribution in [-0.2, 0) is 10.9 Å². The first-order valence-electron chi connectivity index (χ1n) is 5.68. The zero-order chi connectivity index (χ0) is 13.2. The molecule has 1 N–H and O–H groups in total. The minimum absolute atomic E-state index is 0.0535. The molecule has 1 aliphatic rings. The number of hydrogen-bond donors (Lipinski definition) is 1. The molecule has 1 fully saturated rings. The molecule has 0 amide bonds. The van der Waals surface area contributed by atoms with E-state index in [1.54, 1.807) is 0 Å². The van der Waals surface area contributed by atoms with Gasteiger partial charge in [0.15, 0.2) is 0 Å². The van der Waals surface area contributed by atoms with Crippen molar-refractivity contribution in [1.29, 1.82) is 0 Å². The van der Waals surface area contributed by atoms with E-state index in [2.05, 4.69) is 5.32 Å². The van der Waals surface area contributed by atoms with Crippen molar-refractivity contribution in [2.75, 3.05) is 18.5 Å². The fraction of sp³-hybridized carbons (Fsp3) is 0.500. The second-order valence-electron chi connectivity index (χ2n) is 4.22.